The Morgan fingerprint density at radius 2 is 1.51 bits per heavy atom. The van der Waals surface area contributed by atoms with E-state index in [1.54, 1.807) is 0 Å². The third-order valence-electron chi connectivity index (χ3n) is 9.21. The van der Waals surface area contributed by atoms with Crippen LogP contribution < -0.4 is 0 Å². The molecule has 1 aliphatic carbocycles. The van der Waals surface area contributed by atoms with Gasteiger partial charge in [-0.2, -0.15) is 0 Å². The summed E-state index contributed by atoms with van der Waals surface area (Å²) in [7, 11) is 0. The van der Waals surface area contributed by atoms with Crippen molar-refractivity contribution in [3.8, 4) is 0 Å². The largest absolute Gasteiger partial charge is 0.353 e. The van der Waals surface area contributed by atoms with Crippen LogP contribution >= 0.6 is 15.9 Å². The van der Waals surface area contributed by atoms with Crippen LogP contribution in [0.5, 0.6) is 0 Å². The molecular formula is C35H57BrO7. The number of rotatable bonds is 18. The van der Waals surface area contributed by atoms with E-state index in [1.165, 1.54) is 12.8 Å². The van der Waals surface area contributed by atoms with E-state index in [1.807, 2.05) is 0 Å². The van der Waals surface area contributed by atoms with Crippen LogP contribution in [0, 0.1) is 11.8 Å². The van der Waals surface area contributed by atoms with Crippen molar-refractivity contribution in [1.82, 2.24) is 0 Å². The van der Waals surface area contributed by atoms with E-state index in [4.69, 9.17) is 28.4 Å². The van der Waals surface area contributed by atoms with Crippen LogP contribution in [-0.4, -0.2) is 68.1 Å². The molecule has 0 aromatic carbocycles. The SMILES string of the molecule is CCCCC[C@@H](/C=C/[C@@H]1[C@@H](C/C=C\CCC(=O)CBr)[C@@H](OC2CCCCO2)C[C@H]1OC1CCCCO1)OC1CCCCO1. The summed E-state index contributed by atoms with van der Waals surface area (Å²) < 4.78 is 38.0. The van der Waals surface area contributed by atoms with E-state index in [9.17, 15) is 4.79 Å². The second-order valence-electron chi connectivity index (χ2n) is 12.7. The van der Waals surface area contributed by atoms with Gasteiger partial charge in [0.2, 0.25) is 0 Å². The number of allylic oxidation sites excluding steroid dienone is 2. The first-order valence-corrected chi connectivity index (χ1v) is 18.5. The summed E-state index contributed by atoms with van der Waals surface area (Å²) in [4.78, 5) is 11.8. The zero-order chi connectivity index (χ0) is 30.1. The Morgan fingerprint density at radius 3 is 2.12 bits per heavy atom. The number of ether oxygens (including phenoxy) is 6. The maximum atomic E-state index is 11.8. The fourth-order valence-electron chi connectivity index (χ4n) is 6.74. The van der Waals surface area contributed by atoms with Gasteiger partial charge in [-0.15, -0.1) is 0 Å². The zero-order valence-corrected chi connectivity index (χ0v) is 28.1. The molecule has 3 saturated heterocycles. The van der Waals surface area contributed by atoms with E-state index in [0.717, 1.165) is 110 Å². The van der Waals surface area contributed by atoms with Crippen LogP contribution in [0.25, 0.3) is 0 Å². The first-order chi connectivity index (χ1) is 21.2. The van der Waals surface area contributed by atoms with Gasteiger partial charge in [-0.25, -0.2) is 0 Å². The van der Waals surface area contributed by atoms with Crippen LogP contribution in [0.4, 0.5) is 0 Å². The van der Waals surface area contributed by atoms with Gasteiger partial charge in [0, 0.05) is 38.6 Å². The monoisotopic (exact) mass is 668 g/mol. The molecule has 43 heavy (non-hydrogen) atoms. The second-order valence-corrected chi connectivity index (χ2v) is 13.2. The fourth-order valence-corrected chi connectivity index (χ4v) is 7.02. The third kappa shape index (κ3) is 12.6. The van der Waals surface area contributed by atoms with Gasteiger partial charge in [0.1, 0.15) is 5.78 Å². The standard InChI is InChI=1S/C35H57BrO7/c1-2-3-5-15-28(41-33-17-8-11-22-38-33)20-21-30-29(16-7-4-6-14-27(37)26-36)31(42-34-18-9-12-23-39-34)25-32(30)43-35-19-10-13-24-40-35/h4,7,20-21,28-35H,2-3,5-6,8-19,22-26H2,1H3/b7-4-,21-20+/t28-,29+,30+,31-,32+,33?,34?,35?/m0/s1. The normalized spacial score (nSPS) is 32.9. The number of hydrogen-bond acceptors (Lipinski definition) is 7. The van der Waals surface area contributed by atoms with Crippen LogP contribution in [0.2, 0.25) is 0 Å². The van der Waals surface area contributed by atoms with E-state index >= 15 is 0 Å². The van der Waals surface area contributed by atoms with Gasteiger partial charge < -0.3 is 28.4 Å². The molecule has 1 saturated carbocycles. The van der Waals surface area contributed by atoms with E-state index in [-0.39, 0.29) is 54.8 Å². The van der Waals surface area contributed by atoms with Gasteiger partial charge in [-0.05, 0) is 83.0 Å². The summed E-state index contributed by atoms with van der Waals surface area (Å²) in [6.07, 6.45) is 25.9. The number of unbranched alkanes of at least 4 members (excludes halogenated alkanes) is 2. The predicted octanol–water partition coefficient (Wildman–Crippen LogP) is 8.18. The van der Waals surface area contributed by atoms with Crippen molar-refractivity contribution in [2.24, 2.45) is 11.8 Å². The van der Waals surface area contributed by atoms with Crippen LogP contribution in [0.3, 0.4) is 0 Å². The van der Waals surface area contributed by atoms with E-state index < -0.39 is 0 Å². The summed E-state index contributed by atoms with van der Waals surface area (Å²) in [5, 5.41) is 0.420. The highest BCUT2D eigenvalue weighted by Gasteiger charge is 2.45. The highest BCUT2D eigenvalue weighted by atomic mass is 79.9. The van der Waals surface area contributed by atoms with Crippen molar-refractivity contribution in [1.29, 1.82) is 0 Å². The molecular weight excluding hydrogens is 612 g/mol. The lowest BCUT2D eigenvalue weighted by Crippen LogP contribution is -2.31. The minimum absolute atomic E-state index is 0.00328. The average molecular weight is 670 g/mol. The number of Topliss-reactive ketones (excluding diaryl/α,β-unsaturated/α-hetero) is 1. The number of alkyl halides is 1. The van der Waals surface area contributed by atoms with Crippen LogP contribution in [0.1, 0.15) is 116 Å². The van der Waals surface area contributed by atoms with E-state index in [0.29, 0.717) is 11.8 Å². The third-order valence-corrected chi connectivity index (χ3v) is 9.84. The molecule has 0 amide bonds. The maximum absolute atomic E-state index is 11.8. The maximum Gasteiger partial charge on any atom is 0.158 e. The highest BCUT2D eigenvalue weighted by Crippen LogP contribution is 2.42. The topological polar surface area (TPSA) is 72.5 Å². The molecule has 4 aliphatic rings. The predicted molar refractivity (Wildman–Crippen MR) is 172 cm³/mol. The molecule has 0 aromatic heterocycles. The minimum atomic E-state index is -0.155. The summed E-state index contributed by atoms with van der Waals surface area (Å²) in [6, 6.07) is 0. The molecule has 4 fully saturated rings. The molecule has 3 aliphatic heterocycles. The molecule has 0 bridgehead atoms. The number of carbonyl (C=O) groups excluding carboxylic acids is 1. The quantitative estimate of drug-likeness (QED) is 0.0828. The van der Waals surface area contributed by atoms with Crippen molar-refractivity contribution in [3.63, 3.8) is 0 Å². The summed E-state index contributed by atoms with van der Waals surface area (Å²) >= 11 is 3.28. The molecule has 7 nitrogen and oxygen atoms in total. The first kappa shape index (κ1) is 35.2. The lowest BCUT2D eigenvalue weighted by atomic mass is 9.89. The molecule has 0 N–H and O–H groups in total. The Labute approximate surface area is 268 Å². The van der Waals surface area contributed by atoms with E-state index in [2.05, 4.69) is 47.2 Å². The molecule has 4 rings (SSSR count). The fraction of sp³-hybridized carbons (Fsp3) is 0.857. The Kier molecular flexibility index (Phi) is 16.8. The Hall–Kier alpha value is -0.610. The first-order valence-electron chi connectivity index (χ1n) is 17.4. The van der Waals surface area contributed by atoms with Crippen molar-refractivity contribution >= 4 is 21.7 Å². The Balaban J connectivity index is 1.51. The van der Waals surface area contributed by atoms with Crippen LogP contribution in [-0.2, 0) is 33.2 Å². The Bertz CT molecular complexity index is 817. The van der Waals surface area contributed by atoms with Crippen molar-refractivity contribution < 1.29 is 33.2 Å². The van der Waals surface area contributed by atoms with Gasteiger partial charge >= 0.3 is 0 Å². The molecule has 246 valence electrons. The van der Waals surface area contributed by atoms with Crippen LogP contribution in [0.15, 0.2) is 24.3 Å². The molecule has 8 heteroatoms. The van der Waals surface area contributed by atoms with Gasteiger partial charge in [0.05, 0.1) is 23.6 Å². The Morgan fingerprint density at radius 1 is 0.860 bits per heavy atom. The highest BCUT2D eigenvalue weighted by molar-refractivity contribution is 9.09. The van der Waals surface area contributed by atoms with Gasteiger partial charge in [0.25, 0.3) is 0 Å². The van der Waals surface area contributed by atoms with Crippen molar-refractivity contribution in [3.05, 3.63) is 24.3 Å². The van der Waals surface area contributed by atoms with Crippen molar-refractivity contribution in [2.45, 2.75) is 153 Å². The summed E-state index contributed by atoms with van der Waals surface area (Å²) in [5.41, 5.74) is 0. The lowest BCUT2D eigenvalue weighted by molar-refractivity contribution is -0.203. The summed E-state index contributed by atoms with van der Waals surface area (Å²) in [5.74, 6) is 0.636. The van der Waals surface area contributed by atoms with Crippen molar-refractivity contribution in [2.75, 3.05) is 25.2 Å². The lowest BCUT2D eigenvalue weighted by Gasteiger charge is -2.30. The minimum Gasteiger partial charge on any atom is -0.353 e. The molecule has 0 radical (unpaired) electrons. The second kappa shape index (κ2) is 20.5. The number of carbonyl (C=O) groups is 1. The average Bonchev–Trinajstić information content (AvgIpc) is 3.35. The number of ketones is 1. The van der Waals surface area contributed by atoms with Gasteiger partial charge in [-0.3, -0.25) is 4.79 Å². The summed E-state index contributed by atoms with van der Waals surface area (Å²) in [6.45, 7) is 4.56. The molecule has 0 aromatic rings. The molecule has 3 unspecified atom stereocenters. The number of halogens is 1. The number of hydrogen-bond donors (Lipinski definition) is 0. The van der Waals surface area contributed by atoms with Gasteiger partial charge in [-0.1, -0.05) is 66.4 Å². The molecule has 0 spiro atoms. The van der Waals surface area contributed by atoms with Gasteiger partial charge in [0.15, 0.2) is 18.9 Å². The zero-order valence-electron chi connectivity index (χ0n) is 26.5. The smallest absolute Gasteiger partial charge is 0.158 e. The molecule has 3 heterocycles. The molecule has 8 atom stereocenters.